The van der Waals surface area contributed by atoms with E-state index in [1.807, 2.05) is 18.2 Å². The third-order valence-electron chi connectivity index (χ3n) is 5.92. The van der Waals surface area contributed by atoms with Gasteiger partial charge < -0.3 is 28.8 Å². The average molecular weight is 414 g/mol. The molecular formula is C23H26O7. The van der Waals surface area contributed by atoms with Gasteiger partial charge in [0.1, 0.15) is 23.0 Å². The second kappa shape index (κ2) is 7.72. The lowest BCUT2D eigenvalue weighted by atomic mass is 9.70. The average Bonchev–Trinajstić information content (AvgIpc) is 3.23. The second-order valence-corrected chi connectivity index (χ2v) is 7.43. The van der Waals surface area contributed by atoms with Gasteiger partial charge in [0.2, 0.25) is 12.6 Å². The summed E-state index contributed by atoms with van der Waals surface area (Å²) in [5, 5.41) is 11.5. The first-order chi connectivity index (χ1) is 14.5. The van der Waals surface area contributed by atoms with E-state index in [1.54, 1.807) is 40.2 Å². The highest BCUT2D eigenvalue weighted by Crippen LogP contribution is 2.54. The largest absolute Gasteiger partial charge is 0.497 e. The standard InChI is InChI=1S/C23H26O7/c1-5-16(24)22-21(14-8-7-13(26-3)9-17(14)27-4)15-10-19-20(29-12-28-19)11-18(15)30-23(22,25)6-2/h7-11,21-22,25H,5-6,12H2,1-4H3. The zero-order chi connectivity index (χ0) is 21.5. The predicted molar refractivity (Wildman–Crippen MR) is 109 cm³/mol. The Labute approximate surface area is 175 Å². The van der Waals surface area contributed by atoms with Gasteiger partial charge >= 0.3 is 0 Å². The van der Waals surface area contributed by atoms with Crippen molar-refractivity contribution in [1.29, 1.82) is 0 Å². The van der Waals surface area contributed by atoms with Crippen molar-refractivity contribution in [3.05, 3.63) is 41.5 Å². The van der Waals surface area contributed by atoms with Crippen LogP contribution in [0.1, 0.15) is 43.7 Å². The van der Waals surface area contributed by atoms with Gasteiger partial charge in [-0.2, -0.15) is 0 Å². The van der Waals surface area contributed by atoms with Crippen LogP contribution in [0.3, 0.4) is 0 Å². The molecule has 0 aliphatic carbocycles. The molecule has 7 heteroatoms. The summed E-state index contributed by atoms with van der Waals surface area (Å²) in [7, 11) is 3.15. The second-order valence-electron chi connectivity index (χ2n) is 7.43. The maximum absolute atomic E-state index is 13.1. The Balaban J connectivity index is 1.98. The van der Waals surface area contributed by atoms with Crippen LogP contribution in [0, 0.1) is 5.92 Å². The Morgan fingerprint density at radius 3 is 2.43 bits per heavy atom. The van der Waals surface area contributed by atoms with Crippen LogP contribution < -0.4 is 23.7 Å². The molecule has 0 radical (unpaired) electrons. The lowest BCUT2D eigenvalue weighted by Crippen LogP contribution is -2.52. The van der Waals surface area contributed by atoms with Gasteiger partial charge in [0.25, 0.3) is 0 Å². The lowest BCUT2D eigenvalue weighted by molar-refractivity contribution is -0.195. The molecule has 160 valence electrons. The Morgan fingerprint density at radius 1 is 1.07 bits per heavy atom. The lowest BCUT2D eigenvalue weighted by Gasteiger charge is -2.44. The molecule has 0 fully saturated rings. The van der Waals surface area contributed by atoms with Crippen LogP contribution in [0.4, 0.5) is 0 Å². The van der Waals surface area contributed by atoms with Gasteiger partial charge in [0.05, 0.1) is 20.1 Å². The van der Waals surface area contributed by atoms with Crippen molar-refractivity contribution in [1.82, 2.24) is 0 Å². The third-order valence-corrected chi connectivity index (χ3v) is 5.92. The van der Waals surface area contributed by atoms with E-state index in [0.717, 1.165) is 11.1 Å². The maximum Gasteiger partial charge on any atom is 0.231 e. The number of carbonyl (C=O) groups excluding carboxylic acids is 1. The molecule has 0 amide bonds. The van der Waals surface area contributed by atoms with E-state index in [0.29, 0.717) is 28.7 Å². The quantitative estimate of drug-likeness (QED) is 0.772. The van der Waals surface area contributed by atoms with Crippen molar-refractivity contribution in [2.24, 2.45) is 5.92 Å². The van der Waals surface area contributed by atoms with Gasteiger partial charge in [-0.3, -0.25) is 4.79 Å². The predicted octanol–water partition coefficient (Wildman–Crippen LogP) is 3.65. The zero-order valence-electron chi connectivity index (χ0n) is 17.6. The Morgan fingerprint density at radius 2 is 1.80 bits per heavy atom. The van der Waals surface area contributed by atoms with E-state index in [9.17, 15) is 9.90 Å². The number of ether oxygens (including phenoxy) is 5. The summed E-state index contributed by atoms with van der Waals surface area (Å²) in [5.41, 5.74) is 1.51. The van der Waals surface area contributed by atoms with E-state index >= 15 is 0 Å². The van der Waals surface area contributed by atoms with Gasteiger partial charge in [0.15, 0.2) is 11.5 Å². The maximum atomic E-state index is 13.1. The minimum Gasteiger partial charge on any atom is -0.497 e. The van der Waals surface area contributed by atoms with E-state index in [2.05, 4.69) is 0 Å². The highest BCUT2D eigenvalue weighted by Gasteiger charge is 2.52. The van der Waals surface area contributed by atoms with Gasteiger partial charge in [-0.1, -0.05) is 19.9 Å². The number of Topliss-reactive ketones (excluding diaryl/α,β-unsaturated/α-hetero) is 1. The number of rotatable bonds is 6. The monoisotopic (exact) mass is 414 g/mol. The molecule has 1 N–H and O–H groups in total. The van der Waals surface area contributed by atoms with Gasteiger partial charge in [-0.15, -0.1) is 0 Å². The molecule has 0 aromatic heterocycles. The number of hydrogen-bond acceptors (Lipinski definition) is 7. The number of carbonyl (C=O) groups is 1. The molecule has 0 saturated carbocycles. The first-order valence-corrected chi connectivity index (χ1v) is 10.0. The van der Waals surface area contributed by atoms with Crippen molar-refractivity contribution >= 4 is 5.78 Å². The summed E-state index contributed by atoms with van der Waals surface area (Å²) < 4.78 is 28.1. The number of fused-ring (bicyclic) bond motifs is 2. The van der Waals surface area contributed by atoms with Crippen LogP contribution in [0.15, 0.2) is 30.3 Å². The highest BCUT2D eigenvalue weighted by atomic mass is 16.7. The SMILES string of the molecule is CCC(=O)C1C(c2ccc(OC)cc2OC)c2cc3c(cc2OC1(O)CC)OCO3. The third kappa shape index (κ3) is 3.13. The van der Waals surface area contributed by atoms with E-state index in [1.165, 1.54) is 0 Å². The molecule has 2 aromatic rings. The van der Waals surface area contributed by atoms with Crippen LogP contribution in [0.5, 0.6) is 28.7 Å². The van der Waals surface area contributed by atoms with E-state index in [-0.39, 0.29) is 25.4 Å². The van der Waals surface area contributed by atoms with Crippen LogP contribution in [0.2, 0.25) is 0 Å². The van der Waals surface area contributed by atoms with Crippen molar-refractivity contribution in [2.45, 2.75) is 38.4 Å². The van der Waals surface area contributed by atoms with Crippen LogP contribution in [0.25, 0.3) is 0 Å². The molecule has 3 unspecified atom stereocenters. The first kappa shape index (κ1) is 20.3. The normalized spacial score (nSPS) is 24.0. The van der Waals surface area contributed by atoms with E-state index in [4.69, 9.17) is 23.7 Å². The number of methoxy groups -OCH3 is 2. The summed E-state index contributed by atoms with van der Waals surface area (Å²) in [6.45, 7) is 3.70. The fourth-order valence-corrected chi connectivity index (χ4v) is 4.34. The van der Waals surface area contributed by atoms with Crippen molar-refractivity contribution < 1.29 is 33.6 Å². The molecule has 3 atom stereocenters. The molecule has 4 rings (SSSR count). The molecule has 0 saturated heterocycles. The molecule has 2 aliphatic rings. The smallest absolute Gasteiger partial charge is 0.231 e. The number of hydrogen-bond donors (Lipinski definition) is 1. The van der Waals surface area contributed by atoms with Crippen LogP contribution in [-0.2, 0) is 4.79 Å². The Bertz CT molecular complexity index is 970. The Kier molecular flexibility index (Phi) is 5.24. The fourth-order valence-electron chi connectivity index (χ4n) is 4.34. The van der Waals surface area contributed by atoms with Crippen LogP contribution >= 0.6 is 0 Å². The summed E-state index contributed by atoms with van der Waals surface area (Å²) in [6, 6.07) is 9.01. The van der Waals surface area contributed by atoms with E-state index < -0.39 is 17.6 Å². The molecule has 0 spiro atoms. The summed E-state index contributed by atoms with van der Waals surface area (Å²) >= 11 is 0. The van der Waals surface area contributed by atoms with Gasteiger partial charge in [-0.25, -0.2) is 0 Å². The van der Waals surface area contributed by atoms with Gasteiger partial charge in [0, 0.05) is 42.0 Å². The minimum atomic E-state index is -1.66. The highest BCUT2D eigenvalue weighted by molar-refractivity contribution is 5.84. The van der Waals surface area contributed by atoms with Crippen molar-refractivity contribution in [3.63, 3.8) is 0 Å². The van der Waals surface area contributed by atoms with Crippen LogP contribution in [-0.4, -0.2) is 37.7 Å². The minimum absolute atomic E-state index is 0.0921. The first-order valence-electron chi connectivity index (χ1n) is 10.0. The molecule has 30 heavy (non-hydrogen) atoms. The number of ketones is 1. The van der Waals surface area contributed by atoms with Crippen molar-refractivity contribution in [2.75, 3.05) is 21.0 Å². The molecule has 0 bridgehead atoms. The molecule has 2 aliphatic heterocycles. The Hall–Kier alpha value is -2.93. The molecule has 2 heterocycles. The molecule has 2 aromatic carbocycles. The summed E-state index contributed by atoms with van der Waals surface area (Å²) in [4.78, 5) is 13.1. The van der Waals surface area contributed by atoms with Gasteiger partial charge in [-0.05, 0) is 12.1 Å². The summed E-state index contributed by atoms with van der Waals surface area (Å²) in [5.74, 6) is -0.271. The molecule has 7 nitrogen and oxygen atoms in total. The van der Waals surface area contributed by atoms with Crippen molar-refractivity contribution in [3.8, 4) is 28.7 Å². The number of benzene rings is 2. The topological polar surface area (TPSA) is 83.5 Å². The summed E-state index contributed by atoms with van der Waals surface area (Å²) in [6.07, 6.45) is 0.511. The number of aliphatic hydroxyl groups is 1. The fraction of sp³-hybridized carbons (Fsp3) is 0.435. The zero-order valence-corrected chi connectivity index (χ0v) is 17.6. The molecular weight excluding hydrogens is 388 g/mol.